The fourth-order valence-corrected chi connectivity index (χ4v) is 2.81. The van der Waals surface area contributed by atoms with Crippen LogP contribution in [0.5, 0.6) is 5.75 Å². The van der Waals surface area contributed by atoms with Gasteiger partial charge in [0.25, 0.3) is 5.91 Å². The molecular weight excluding hydrogens is 282 g/mol. The van der Waals surface area contributed by atoms with Crippen LogP contribution in [0.4, 0.5) is 0 Å². The maximum absolute atomic E-state index is 11.9. The van der Waals surface area contributed by atoms with Gasteiger partial charge in [0.05, 0.1) is 0 Å². The topological polar surface area (TPSA) is 75.6 Å². The molecule has 1 fully saturated rings. The van der Waals surface area contributed by atoms with E-state index in [0.717, 1.165) is 19.3 Å². The first kappa shape index (κ1) is 16.3. The average molecular weight is 305 g/mol. The zero-order valence-electron chi connectivity index (χ0n) is 13.1. The highest BCUT2D eigenvalue weighted by molar-refractivity contribution is 5.94. The van der Waals surface area contributed by atoms with Gasteiger partial charge in [-0.25, -0.2) is 4.79 Å². The third-order valence-corrected chi connectivity index (χ3v) is 4.25. The summed E-state index contributed by atoms with van der Waals surface area (Å²) in [6.07, 6.45) is 4.41. The number of phenols is 1. The van der Waals surface area contributed by atoms with Gasteiger partial charge in [-0.05, 0) is 37.3 Å². The predicted molar refractivity (Wildman–Crippen MR) is 82.7 cm³/mol. The van der Waals surface area contributed by atoms with Crippen LogP contribution in [0.25, 0.3) is 0 Å². The van der Waals surface area contributed by atoms with Crippen molar-refractivity contribution in [3.63, 3.8) is 0 Å². The molecule has 5 nitrogen and oxygen atoms in total. The smallest absolute Gasteiger partial charge is 0.342 e. The summed E-state index contributed by atoms with van der Waals surface area (Å²) in [5.74, 6) is -0.629. The molecule has 0 saturated heterocycles. The van der Waals surface area contributed by atoms with Crippen LogP contribution in [0.3, 0.4) is 0 Å². The molecule has 0 aliphatic heterocycles. The summed E-state index contributed by atoms with van der Waals surface area (Å²) in [5, 5.41) is 12.8. The van der Waals surface area contributed by atoms with Crippen molar-refractivity contribution in [3.05, 3.63) is 29.3 Å². The zero-order valence-corrected chi connectivity index (χ0v) is 13.1. The third-order valence-electron chi connectivity index (χ3n) is 4.25. The van der Waals surface area contributed by atoms with Crippen molar-refractivity contribution < 1.29 is 19.4 Å². The molecule has 0 aromatic heterocycles. The Balaban J connectivity index is 1.85. The Kier molecular flexibility index (Phi) is 5.41. The van der Waals surface area contributed by atoms with Crippen molar-refractivity contribution in [1.29, 1.82) is 0 Å². The van der Waals surface area contributed by atoms with Gasteiger partial charge in [0.15, 0.2) is 6.61 Å². The molecule has 1 amide bonds. The number of benzene rings is 1. The quantitative estimate of drug-likeness (QED) is 0.838. The molecule has 2 atom stereocenters. The summed E-state index contributed by atoms with van der Waals surface area (Å²) >= 11 is 0. The number of para-hydroxylation sites is 1. The number of carbonyl (C=O) groups excluding carboxylic acids is 2. The highest BCUT2D eigenvalue weighted by atomic mass is 16.5. The number of carbonyl (C=O) groups is 2. The molecule has 22 heavy (non-hydrogen) atoms. The predicted octanol–water partition coefficient (Wildman–Crippen LogP) is 2.55. The molecule has 1 aliphatic rings. The lowest BCUT2D eigenvalue weighted by Crippen LogP contribution is -2.42. The van der Waals surface area contributed by atoms with Crippen LogP contribution in [-0.2, 0) is 9.53 Å². The first-order chi connectivity index (χ1) is 10.5. The molecule has 0 unspecified atom stereocenters. The van der Waals surface area contributed by atoms with Crippen LogP contribution in [0.1, 0.15) is 48.5 Å². The number of ether oxygens (including phenoxy) is 1. The van der Waals surface area contributed by atoms with Gasteiger partial charge in [0, 0.05) is 6.04 Å². The monoisotopic (exact) mass is 305 g/mol. The summed E-state index contributed by atoms with van der Waals surface area (Å²) < 4.78 is 4.99. The van der Waals surface area contributed by atoms with Gasteiger partial charge >= 0.3 is 5.97 Å². The molecule has 1 aromatic carbocycles. The fraction of sp³-hybridized carbons (Fsp3) is 0.529. The van der Waals surface area contributed by atoms with E-state index in [1.165, 1.54) is 12.5 Å². The number of esters is 1. The Hall–Kier alpha value is -2.04. The lowest BCUT2D eigenvalue weighted by atomic mass is 9.86. The molecular formula is C17H23NO4. The molecule has 1 aliphatic carbocycles. The Morgan fingerprint density at radius 1 is 1.32 bits per heavy atom. The summed E-state index contributed by atoms with van der Waals surface area (Å²) in [6, 6.07) is 5.00. The molecule has 0 bridgehead atoms. The van der Waals surface area contributed by atoms with E-state index in [9.17, 15) is 14.7 Å². The Morgan fingerprint density at radius 3 is 2.77 bits per heavy atom. The number of hydrogen-bond donors (Lipinski definition) is 2. The molecule has 1 aromatic rings. The van der Waals surface area contributed by atoms with Crippen LogP contribution in [0, 0.1) is 12.8 Å². The van der Waals surface area contributed by atoms with E-state index in [2.05, 4.69) is 12.2 Å². The van der Waals surface area contributed by atoms with Crippen molar-refractivity contribution in [1.82, 2.24) is 5.32 Å². The molecule has 2 rings (SSSR count). The van der Waals surface area contributed by atoms with Gasteiger partial charge in [-0.2, -0.15) is 0 Å². The lowest BCUT2D eigenvalue weighted by molar-refractivity contribution is -0.125. The Bertz CT molecular complexity index is 556. The van der Waals surface area contributed by atoms with Gasteiger partial charge in [0.1, 0.15) is 11.3 Å². The highest BCUT2D eigenvalue weighted by Gasteiger charge is 2.23. The van der Waals surface area contributed by atoms with Crippen LogP contribution < -0.4 is 5.32 Å². The third kappa shape index (κ3) is 4.00. The number of aromatic hydroxyl groups is 1. The van der Waals surface area contributed by atoms with E-state index in [1.54, 1.807) is 19.1 Å². The van der Waals surface area contributed by atoms with E-state index in [4.69, 9.17) is 4.74 Å². The summed E-state index contributed by atoms with van der Waals surface area (Å²) in [7, 11) is 0. The van der Waals surface area contributed by atoms with E-state index in [0.29, 0.717) is 11.5 Å². The van der Waals surface area contributed by atoms with Gasteiger partial charge in [0.2, 0.25) is 0 Å². The largest absolute Gasteiger partial charge is 0.507 e. The number of rotatable bonds is 4. The van der Waals surface area contributed by atoms with Gasteiger partial charge in [-0.1, -0.05) is 31.9 Å². The Labute approximate surface area is 130 Å². The molecule has 0 radical (unpaired) electrons. The number of phenolic OH excluding ortho intramolecular Hbond substituents is 1. The maximum atomic E-state index is 11.9. The van der Waals surface area contributed by atoms with Gasteiger partial charge in [-0.3, -0.25) is 4.79 Å². The number of hydrogen-bond acceptors (Lipinski definition) is 4. The first-order valence-corrected chi connectivity index (χ1v) is 7.74. The minimum Gasteiger partial charge on any atom is -0.507 e. The van der Waals surface area contributed by atoms with Crippen LogP contribution in [-0.4, -0.2) is 29.6 Å². The normalized spacial score (nSPS) is 21.2. The van der Waals surface area contributed by atoms with E-state index >= 15 is 0 Å². The molecule has 0 spiro atoms. The van der Waals surface area contributed by atoms with Gasteiger partial charge < -0.3 is 15.2 Å². The molecule has 5 heteroatoms. The summed E-state index contributed by atoms with van der Waals surface area (Å²) in [6.45, 7) is 3.50. The molecule has 0 heterocycles. The number of nitrogens with one attached hydrogen (secondary N) is 1. The van der Waals surface area contributed by atoms with Crippen LogP contribution >= 0.6 is 0 Å². The fourth-order valence-electron chi connectivity index (χ4n) is 2.81. The molecule has 120 valence electrons. The minimum absolute atomic E-state index is 0.0823. The van der Waals surface area contributed by atoms with E-state index in [1.807, 2.05) is 0 Å². The van der Waals surface area contributed by atoms with Crippen molar-refractivity contribution in [2.24, 2.45) is 5.92 Å². The van der Waals surface area contributed by atoms with Crippen LogP contribution in [0.2, 0.25) is 0 Å². The lowest BCUT2D eigenvalue weighted by Gasteiger charge is -2.29. The minimum atomic E-state index is -0.687. The maximum Gasteiger partial charge on any atom is 0.342 e. The van der Waals surface area contributed by atoms with E-state index < -0.39 is 5.97 Å². The summed E-state index contributed by atoms with van der Waals surface area (Å²) in [4.78, 5) is 23.8. The van der Waals surface area contributed by atoms with Crippen molar-refractivity contribution >= 4 is 11.9 Å². The standard InChI is InChI=1S/C17H23NO4/c1-11-6-3-4-9-14(11)18-15(19)10-22-17(21)13-8-5-7-12(2)16(13)20/h5,7-8,11,14,20H,3-4,6,9-10H2,1-2H3,(H,18,19)/t11-,14+/m0/s1. The second-order valence-corrected chi connectivity index (χ2v) is 5.98. The van der Waals surface area contributed by atoms with Crippen molar-refractivity contribution in [2.75, 3.05) is 6.61 Å². The highest BCUT2D eigenvalue weighted by Crippen LogP contribution is 2.24. The number of amides is 1. The Morgan fingerprint density at radius 2 is 2.05 bits per heavy atom. The molecule has 2 N–H and O–H groups in total. The van der Waals surface area contributed by atoms with Crippen molar-refractivity contribution in [3.8, 4) is 5.75 Å². The number of aryl methyl sites for hydroxylation is 1. The second kappa shape index (κ2) is 7.29. The zero-order chi connectivity index (χ0) is 16.1. The SMILES string of the molecule is Cc1cccc(C(=O)OCC(=O)N[C@@H]2CCCC[C@@H]2C)c1O. The van der Waals surface area contributed by atoms with Crippen LogP contribution in [0.15, 0.2) is 18.2 Å². The summed E-state index contributed by atoms with van der Waals surface area (Å²) in [5.41, 5.74) is 0.675. The van der Waals surface area contributed by atoms with Gasteiger partial charge in [-0.15, -0.1) is 0 Å². The van der Waals surface area contributed by atoms with E-state index in [-0.39, 0.29) is 29.9 Å². The van der Waals surface area contributed by atoms with Crippen molar-refractivity contribution in [2.45, 2.75) is 45.6 Å². The second-order valence-electron chi connectivity index (χ2n) is 5.98. The molecule has 1 saturated carbocycles. The first-order valence-electron chi connectivity index (χ1n) is 7.74. The average Bonchev–Trinajstić information content (AvgIpc) is 2.50.